The van der Waals surface area contributed by atoms with Crippen LogP contribution in [0.1, 0.15) is 0 Å². The van der Waals surface area contributed by atoms with E-state index in [4.69, 9.17) is 51.7 Å². The molecule has 0 saturated carbocycles. The van der Waals surface area contributed by atoms with Gasteiger partial charge in [0.05, 0.1) is 21.4 Å². The quantitative estimate of drug-likeness (QED) is 0.506. The van der Waals surface area contributed by atoms with E-state index < -0.39 is 5.91 Å². The van der Waals surface area contributed by atoms with Crippen LogP contribution in [0.2, 0.25) is 20.1 Å². The molecule has 4 nitrogen and oxygen atoms in total. The number of anilines is 2. The second kappa shape index (κ2) is 8.27. The van der Waals surface area contributed by atoms with Gasteiger partial charge in [0.15, 0.2) is 0 Å². The molecular formula is C16H9Cl4N3O. The van der Waals surface area contributed by atoms with Crippen LogP contribution in [0.15, 0.2) is 48.2 Å². The molecule has 0 fully saturated rings. The van der Waals surface area contributed by atoms with Crippen LogP contribution in [0.3, 0.4) is 0 Å². The summed E-state index contributed by atoms with van der Waals surface area (Å²) in [5, 5.41) is 16.0. The molecule has 0 bridgehead atoms. The van der Waals surface area contributed by atoms with Gasteiger partial charge >= 0.3 is 0 Å². The molecule has 0 heterocycles. The van der Waals surface area contributed by atoms with Gasteiger partial charge in [-0.05, 0) is 36.4 Å². The molecule has 2 N–H and O–H groups in total. The standard InChI is InChI=1S/C16H9Cl4N3O/c17-10-2-4-14(13(20)5-10)23-16(24)9(7-21)8-22-15-6-11(18)1-3-12(15)19/h1-6,8,22H,(H,23,24)/b9-8-. The second-order valence-corrected chi connectivity index (χ2v) is 6.20. The van der Waals surface area contributed by atoms with Crippen molar-refractivity contribution in [2.75, 3.05) is 10.6 Å². The van der Waals surface area contributed by atoms with Gasteiger partial charge in [0, 0.05) is 16.2 Å². The first-order valence-corrected chi connectivity index (χ1v) is 8.00. The summed E-state index contributed by atoms with van der Waals surface area (Å²) in [4.78, 5) is 12.2. The lowest BCUT2D eigenvalue weighted by atomic mass is 10.2. The molecule has 0 atom stereocenters. The third-order valence-corrected chi connectivity index (χ3v) is 3.96. The van der Waals surface area contributed by atoms with Crippen LogP contribution >= 0.6 is 46.4 Å². The first-order chi connectivity index (χ1) is 11.4. The Kier molecular flexibility index (Phi) is 6.36. The zero-order valence-electron chi connectivity index (χ0n) is 11.9. The maximum Gasteiger partial charge on any atom is 0.267 e. The Bertz CT molecular complexity index is 859. The Hall–Kier alpha value is -1.90. The fraction of sp³-hybridized carbons (Fsp3) is 0. The molecule has 0 aliphatic carbocycles. The summed E-state index contributed by atoms with van der Waals surface area (Å²) in [5.41, 5.74) is 0.638. The summed E-state index contributed by atoms with van der Waals surface area (Å²) in [7, 11) is 0. The Morgan fingerprint density at radius 2 is 1.62 bits per heavy atom. The maximum atomic E-state index is 12.2. The van der Waals surface area contributed by atoms with Crippen molar-refractivity contribution in [3.05, 3.63) is 68.3 Å². The van der Waals surface area contributed by atoms with Crippen LogP contribution in [-0.4, -0.2) is 5.91 Å². The molecule has 0 spiro atoms. The lowest BCUT2D eigenvalue weighted by molar-refractivity contribution is -0.112. The lowest BCUT2D eigenvalue weighted by Gasteiger charge is -2.08. The lowest BCUT2D eigenvalue weighted by Crippen LogP contribution is -2.14. The van der Waals surface area contributed by atoms with Gasteiger partial charge in [-0.3, -0.25) is 4.79 Å². The predicted octanol–water partition coefficient (Wildman–Crippen LogP) is 5.76. The van der Waals surface area contributed by atoms with Gasteiger partial charge in [0.25, 0.3) is 5.91 Å². The minimum Gasteiger partial charge on any atom is -0.359 e. The third kappa shape index (κ3) is 4.80. The zero-order valence-corrected chi connectivity index (χ0v) is 14.9. The first kappa shape index (κ1) is 18.4. The van der Waals surface area contributed by atoms with E-state index in [0.29, 0.717) is 26.4 Å². The summed E-state index contributed by atoms with van der Waals surface area (Å²) in [6, 6.07) is 11.2. The Morgan fingerprint density at radius 1 is 0.958 bits per heavy atom. The molecule has 0 radical (unpaired) electrons. The highest BCUT2D eigenvalue weighted by atomic mass is 35.5. The van der Waals surface area contributed by atoms with Gasteiger partial charge in [-0.2, -0.15) is 5.26 Å². The van der Waals surface area contributed by atoms with E-state index in [1.54, 1.807) is 36.4 Å². The van der Waals surface area contributed by atoms with Gasteiger partial charge in [-0.15, -0.1) is 0 Å². The highest BCUT2D eigenvalue weighted by Crippen LogP contribution is 2.27. The number of carbonyl (C=O) groups excluding carboxylic acids is 1. The number of benzene rings is 2. The number of amides is 1. The second-order valence-electron chi connectivity index (χ2n) is 4.52. The van der Waals surface area contributed by atoms with Crippen molar-refractivity contribution in [1.29, 1.82) is 5.26 Å². The normalized spacial score (nSPS) is 10.9. The van der Waals surface area contributed by atoms with Crippen molar-refractivity contribution < 1.29 is 4.79 Å². The fourth-order valence-corrected chi connectivity index (χ4v) is 2.49. The minimum absolute atomic E-state index is 0.169. The average Bonchev–Trinajstić information content (AvgIpc) is 2.54. The average molecular weight is 401 g/mol. The highest BCUT2D eigenvalue weighted by molar-refractivity contribution is 6.37. The molecule has 24 heavy (non-hydrogen) atoms. The number of hydrogen-bond donors (Lipinski definition) is 2. The molecule has 2 aromatic rings. The van der Waals surface area contributed by atoms with Gasteiger partial charge in [-0.25, -0.2) is 0 Å². The van der Waals surface area contributed by atoms with Crippen molar-refractivity contribution in [2.24, 2.45) is 0 Å². The summed E-state index contributed by atoms with van der Waals surface area (Å²) in [6.07, 6.45) is 1.23. The first-order valence-electron chi connectivity index (χ1n) is 6.49. The fourth-order valence-electron chi connectivity index (χ4n) is 1.69. The number of nitrogens with zero attached hydrogens (tertiary/aromatic N) is 1. The van der Waals surface area contributed by atoms with Crippen LogP contribution in [0.5, 0.6) is 0 Å². The molecule has 2 aromatic carbocycles. The molecule has 0 aliphatic heterocycles. The topological polar surface area (TPSA) is 64.9 Å². The predicted molar refractivity (Wildman–Crippen MR) is 98.9 cm³/mol. The molecule has 0 saturated heterocycles. The number of nitriles is 1. The van der Waals surface area contributed by atoms with Crippen LogP contribution in [-0.2, 0) is 4.79 Å². The van der Waals surface area contributed by atoms with Gasteiger partial charge < -0.3 is 10.6 Å². The third-order valence-electron chi connectivity index (χ3n) is 2.84. The maximum absolute atomic E-state index is 12.2. The summed E-state index contributed by atoms with van der Waals surface area (Å²) in [5.74, 6) is -0.632. The smallest absolute Gasteiger partial charge is 0.267 e. The van der Waals surface area contributed by atoms with E-state index in [0.717, 1.165) is 0 Å². The largest absolute Gasteiger partial charge is 0.359 e. The van der Waals surface area contributed by atoms with Crippen molar-refractivity contribution in [2.45, 2.75) is 0 Å². The molecule has 2 rings (SSSR count). The molecule has 8 heteroatoms. The highest BCUT2D eigenvalue weighted by Gasteiger charge is 2.12. The van der Waals surface area contributed by atoms with Crippen LogP contribution in [0, 0.1) is 11.3 Å². The Labute approximate surface area is 158 Å². The molecule has 1 amide bonds. The summed E-state index contributed by atoms with van der Waals surface area (Å²) < 4.78 is 0. The van der Waals surface area contributed by atoms with Crippen LogP contribution in [0.4, 0.5) is 11.4 Å². The van der Waals surface area contributed by atoms with E-state index in [2.05, 4.69) is 10.6 Å². The monoisotopic (exact) mass is 399 g/mol. The van der Waals surface area contributed by atoms with E-state index in [9.17, 15) is 4.79 Å². The summed E-state index contributed by atoms with van der Waals surface area (Å²) in [6.45, 7) is 0. The zero-order chi connectivity index (χ0) is 17.7. The number of rotatable bonds is 4. The molecular weight excluding hydrogens is 392 g/mol. The molecule has 122 valence electrons. The van der Waals surface area contributed by atoms with Crippen molar-refractivity contribution >= 4 is 63.7 Å². The van der Waals surface area contributed by atoms with E-state index >= 15 is 0 Å². The molecule has 0 aliphatic rings. The van der Waals surface area contributed by atoms with Gasteiger partial charge in [0.2, 0.25) is 0 Å². The number of halogens is 4. The Balaban J connectivity index is 2.16. The van der Waals surface area contributed by atoms with Crippen LogP contribution < -0.4 is 10.6 Å². The van der Waals surface area contributed by atoms with Crippen LogP contribution in [0.25, 0.3) is 0 Å². The Morgan fingerprint density at radius 3 is 2.29 bits per heavy atom. The number of carbonyl (C=O) groups is 1. The SMILES string of the molecule is N#C/C(=C/Nc1cc(Cl)ccc1Cl)C(=O)Nc1ccc(Cl)cc1Cl. The van der Waals surface area contributed by atoms with Crippen molar-refractivity contribution in [3.8, 4) is 6.07 Å². The summed E-state index contributed by atoms with van der Waals surface area (Å²) >= 11 is 23.7. The van der Waals surface area contributed by atoms with E-state index in [1.165, 1.54) is 12.3 Å². The molecule has 0 aromatic heterocycles. The van der Waals surface area contributed by atoms with Gasteiger partial charge in [-0.1, -0.05) is 46.4 Å². The minimum atomic E-state index is -0.632. The van der Waals surface area contributed by atoms with E-state index in [-0.39, 0.29) is 10.6 Å². The van der Waals surface area contributed by atoms with Crippen molar-refractivity contribution in [3.63, 3.8) is 0 Å². The number of hydrogen-bond acceptors (Lipinski definition) is 3. The van der Waals surface area contributed by atoms with Crippen molar-refractivity contribution in [1.82, 2.24) is 0 Å². The number of nitrogens with one attached hydrogen (secondary N) is 2. The van der Waals surface area contributed by atoms with E-state index in [1.807, 2.05) is 0 Å². The van der Waals surface area contributed by atoms with Gasteiger partial charge in [0.1, 0.15) is 11.6 Å². The molecule has 0 unspecified atom stereocenters.